The monoisotopic (exact) mass is 367 g/mol. The average molecular weight is 367 g/mol. The first kappa shape index (κ1) is 18.1. The Hall–Kier alpha value is -2.73. The minimum Gasteiger partial charge on any atom is -0.344 e. The summed E-state index contributed by atoms with van der Waals surface area (Å²) in [6, 6.07) is 13.0. The molecule has 0 radical (unpaired) electrons. The summed E-state index contributed by atoms with van der Waals surface area (Å²) in [6.45, 7) is 3.59. The number of amides is 1. The summed E-state index contributed by atoms with van der Waals surface area (Å²) in [5, 5.41) is 7.25. The van der Waals surface area contributed by atoms with E-state index in [2.05, 4.69) is 10.4 Å². The lowest BCUT2D eigenvalue weighted by atomic mass is 10.1. The highest BCUT2D eigenvalue weighted by Crippen LogP contribution is 2.29. The molecule has 1 atom stereocenters. The molecule has 2 aromatic heterocycles. The zero-order chi connectivity index (χ0) is 18.7. The van der Waals surface area contributed by atoms with E-state index in [9.17, 15) is 9.59 Å². The summed E-state index contributed by atoms with van der Waals surface area (Å²) in [5.74, 6) is -0.0691. The predicted octanol–water partition coefficient (Wildman–Crippen LogP) is 4.23. The molecule has 1 amide bonds. The highest BCUT2D eigenvalue weighted by atomic mass is 32.1. The molecule has 0 saturated carbocycles. The summed E-state index contributed by atoms with van der Waals surface area (Å²) in [5.41, 5.74) is 2.51. The molecule has 0 aliphatic heterocycles. The molecule has 2 heterocycles. The summed E-state index contributed by atoms with van der Waals surface area (Å²) >= 11 is 1.44. The summed E-state index contributed by atoms with van der Waals surface area (Å²) in [4.78, 5) is 25.9. The smallest absolute Gasteiger partial charge is 0.251 e. The van der Waals surface area contributed by atoms with Crippen LogP contribution in [0.5, 0.6) is 0 Å². The van der Waals surface area contributed by atoms with Crippen molar-refractivity contribution >= 4 is 23.0 Å². The number of aryl methyl sites for hydroxylation is 1. The maximum atomic E-state index is 12.7. The number of nitrogens with one attached hydrogen (secondary N) is 1. The van der Waals surface area contributed by atoms with Crippen molar-refractivity contribution in [2.45, 2.75) is 26.3 Å². The number of carbonyl (C=O) groups excluding carboxylic acids is 2. The van der Waals surface area contributed by atoms with Gasteiger partial charge in [0.15, 0.2) is 5.78 Å². The second-order valence-electron chi connectivity index (χ2n) is 6.11. The number of Topliss-reactive ketones (excluding diaryl/α,β-unsaturated/α-hetero) is 1. The minimum absolute atomic E-state index is 0.0529. The number of aromatic nitrogens is 2. The number of ketones is 1. The number of benzene rings is 1. The Morgan fingerprint density at radius 1 is 1.23 bits per heavy atom. The zero-order valence-corrected chi connectivity index (χ0v) is 15.8. The third-order valence-electron chi connectivity index (χ3n) is 4.29. The van der Waals surface area contributed by atoms with E-state index in [1.165, 1.54) is 11.3 Å². The molecule has 3 aromatic rings. The molecule has 1 N–H and O–H groups in total. The standard InChI is InChI=1S/C20H21N3O2S/c1-4-16(17-10-11-21-23(17)3)22-20(25)15-7-5-6-14(12-15)19-9-8-18(26-19)13(2)24/h5-12,16H,4H2,1-3H3,(H,22,25)/t16-/m1/s1. The van der Waals surface area contributed by atoms with Crippen molar-refractivity contribution in [3.8, 4) is 10.4 Å². The average Bonchev–Trinajstić information content (AvgIpc) is 3.29. The van der Waals surface area contributed by atoms with Gasteiger partial charge in [-0.05, 0) is 49.2 Å². The van der Waals surface area contributed by atoms with E-state index >= 15 is 0 Å². The van der Waals surface area contributed by atoms with E-state index in [0.29, 0.717) is 5.56 Å². The van der Waals surface area contributed by atoms with Crippen molar-refractivity contribution in [3.63, 3.8) is 0 Å². The number of rotatable bonds is 6. The minimum atomic E-state index is -0.122. The molecule has 0 unspecified atom stereocenters. The van der Waals surface area contributed by atoms with Crippen molar-refractivity contribution < 1.29 is 9.59 Å². The number of hydrogen-bond acceptors (Lipinski definition) is 4. The zero-order valence-electron chi connectivity index (χ0n) is 15.0. The number of hydrogen-bond donors (Lipinski definition) is 1. The van der Waals surface area contributed by atoms with Crippen LogP contribution in [0.3, 0.4) is 0 Å². The van der Waals surface area contributed by atoms with Gasteiger partial charge in [0.05, 0.1) is 16.6 Å². The maximum Gasteiger partial charge on any atom is 0.251 e. The molecule has 0 bridgehead atoms. The molecule has 134 valence electrons. The van der Waals surface area contributed by atoms with Gasteiger partial charge in [0.25, 0.3) is 5.91 Å². The van der Waals surface area contributed by atoms with Gasteiger partial charge in [-0.1, -0.05) is 19.1 Å². The van der Waals surface area contributed by atoms with Gasteiger partial charge in [0.1, 0.15) is 0 Å². The highest BCUT2D eigenvalue weighted by molar-refractivity contribution is 7.17. The van der Waals surface area contributed by atoms with Crippen LogP contribution in [0.4, 0.5) is 0 Å². The quantitative estimate of drug-likeness (QED) is 0.663. The first-order chi connectivity index (χ1) is 12.5. The van der Waals surface area contributed by atoms with Gasteiger partial charge in [-0.2, -0.15) is 5.10 Å². The second kappa shape index (κ2) is 7.66. The molecule has 0 aliphatic carbocycles. The van der Waals surface area contributed by atoms with E-state index in [-0.39, 0.29) is 17.7 Å². The summed E-state index contributed by atoms with van der Waals surface area (Å²) in [6.07, 6.45) is 2.51. The maximum absolute atomic E-state index is 12.7. The Morgan fingerprint density at radius 3 is 2.65 bits per heavy atom. The predicted molar refractivity (Wildman–Crippen MR) is 103 cm³/mol. The lowest BCUT2D eigenvalue weighted by Crippen LogP contribution is -2.29. The molecule has 0 saturated heterocycles. The van der Waals surface area contributed by atoms with E-state index in [4.69, 9.17) is 0 Å². The van der Waals surface area contributed by atoms with Crippen LogP contribution >= 0.6 is 11.3 Å². The van der Waals surface area contributed by atoms with Gasteiger partial charge in [0.2, 0.25) is 0 Å². The Balaban J connectivity index is 1.81. The molecule has 0 aliphatic rings. The molecule has 1 aromatic carbocycles. The van der Waals surface area contributed by atoms with Crippen LogP contribution in [0, 0.1) is 0 Å². The molecule has 0 fully saturated rings. The third-order valence-corrected chi connectivity index (χ3v) is 5.53. The first-order valence-corrected chi connectivity index (χ1v) is 9.31. The summed E-state index contributed by atoms with van der Waals surface area (Å²) < 4.78 is 1.78. The summed E-state index contributed by atoms with van der Waals surface area (Å²) in [7, 11) is 1.87. The number of carbonyl (C=O) groups is 2. The van der Waals surface area contributed by atoms with Crippen LogP contribution in [0.15, 0.2) is 48.7 Å². The van der Waals surface area contributed by atoms with Crippen molar-refractivity contribution in [3.05, 3.63) is 64.8 Å². The second-order valence-corrected chi connectivity index (χ2v) is 7.20. The van der Waals surface area contributed by atoms with Crippen LogP contribution in [0.25, 0.3) is 10.4 Å². The van der Waals surface area contributed by atoms with E-state index in [0.717, 1.165) is 27.4 Å². The number of thiophene rings is 1. The fraction of sp³-hybridized carbons (Fsp3) is 0.250. The Bertz CT molecular complexity index is 942. The normalized spacial score (nSPS) is 12.0. The molecular formula is C20H21N3O2S. The van der Waals surface area contributed by atoms with Gasteiger partial charge in [0, 0.05) is 23.7 Å². The van der Waals surface area contributed by atoms with Gasteiger partial charge in [-0.3, -0.25) is 14.3 Å². The molecular weight excluding hydrogens is 346 g/mol. The van der Waals surface area contributed by atoms with Crippen LogP contribution in [0.1, 0.15) is 52.0 Å². The number of nitrogens with zero attached hydrogens (tertiary/aromatic N) is 2. The Morgan fingerprint density at radius 2 is 2.04 bits per heavy atom. The lowest BCUT2D eigenvalue weighted by Gasteiger charge is -2.17. The molecule has 3 rings (SSSR count). The fourth-order valence-electron chi connectivity index (χ4n) is 2.85. The van der Waals surface area contributed by atoms with Gasteiger partial charge in [-0.25, -0.2) is 0 Å². The van der Waals surface area contributed by atoms with Crippen molar-refractivity contribution in [1.82, 2.24) is 15.1 Å². The molecule has 26 heavy (non-hydrogen) atoms. The SMILES string of the molecule is CC[C@@H](NC(=O)c1cccc(-c2ccc(C(C)=O)s2)c1)c1ccnn1C. The van der Waals surface area contributed by atoms with Gasteiger partial charge in [-0.15, -0.1) is 11.3 Å². The molecule has 5 nitrogen and oxygen atoms in total. The fourth-order valence-corrected chi connectivity index (χ4v) is 3.75. The van der Waals surface area contributed by atoms with E-state index in [1.807, 2.05) is 50.4 Å². The first-order valence-electron chi connectivity index (χ1n) is 8.49. The Labute approximate surface area is 156 Å². The van der Waals surface area contributed by atoms with Crippen LogP contribution in [0.2, 0.25) is 0 Å². The lowest BCUT2D eigenvalue weighted by molar-refractivity contribution is 0.0933. The van der Waals surface area contributed by atoms with Crippen molar-refractivity contribution in [2.24, 2.45) is 7.05 Å². The van der Waals surface area contributed by atoms with Crippen LogP contribution in [-0.4, -0.2) is 21.5 Å². The highest BCUT2D eigenvalue weighted by Gasteiger charge is 2.17. The van der Waals surface area contributed by atoms with Crippen molar-refractivity contribution in [2.75, 3.05) is 0 Å². The van der Waals surface area contributed by atoms with Crippen molar-refractivity contribution in [1.29, 1.82) is 0 Å². The topological polar surface area (TPSA) is 64.0 Å². The third kappa shape index (κ3) is 3.75. The molecule has 0 spiro atoms. The Kier molecular flexibility index (Phi) is 5.32. The van der Waals surface area contributed by atoms with E-state index < -0.39 is 0 Å². The largest absolute Gasteiger partial charge is 0.344 e. The van der Waals surface area contributed by atoms with Gasteiger partial charge < -0.3 is 5.32 Å². The van der Waals surface area contributed by atoms with Crippen LogP contribution < -0.4 is 5.32 Å². The molecule has 6 heteroatoms. The van der Waals surface area contributed by atoms with E-state index in [1.54, 1.807) is 23.9 Å². The van der Waals surface area contributed by atoms with Gasteiger partial charge >= 0.3 is 0 Å². The van der Waals surface area contributed by atoms with Crippen LogP contribution in [-0.2, 0) is 7.05 Å².